The first kappa shape index (κ1) is 12.0. The van der Waals surface area contributed by atoms with Crippen LogP contribution in [0.3, 0.4) is 0 Å². The van der Waals surface area contributed by atoms with Gasteiger partial charge >= 0.3 is 0 Å². The van der Waals surface area contributed by atoms with Crippen LogP contribution < -0.4 is 0 Å². The maximum atomic E-state index is 4.92. The smallest absolute Gasteiger partial charge is 0.00920 e. The van der Waals surface area contributed by atoms with E-state index in [1.54, 1.807) is 11.4 Å². The summed E-state index contributed by atoms with van der Waals surface area (Å²) < 4.78 is 0. The van der Waals surface area contributed by atoms with Gasteiger partial charge in [0.1, 0.15) is 0 Å². The molecule has 0 unspecified atom stereocenters. The van der Waals surface area contributed by atoms with E-state index < -0.39 is 0 Å². The van der Waals surface area contributed by atoms with E-state index in [4.69, 9.17) is 12.2 Å². The van der Waals surface area contributed by atoms with Crippen molar-refractivity contribution in [3.05, 3.63) is 48.1 Å². The van der Waals surface area contributed by atoms with Gasteiger partial charge in [0, 0.05) is 5.37 Å². The van der Waals surface area contributed by atoms with Gasteiger partial charge in [-0.05, 0) is 24.5 Å². The molecule has 0 aromatic carbocycles. The quantitative estimate of drug-likeness (QED) is 0.360. The van der Waals surface area contributed by atoms with Crippen molar-refractivity contribution in [1.82, 2.24) is 0 Å². The summed E-state index contributed by atoms with van der Waals surface area (Å²) in [6.07, 6.45) is 11.0. The first-order valence-corrected chi connectivity index (χ1v) is 4.88. The third-order valence-electron chi connectivity index (χ3n) is 1.60. The molecular formula is C12H16S. The van der Waals surface area contributed by atoms with Crippen molar-refractivity contribution in [3.8, 4) is 0 Å². The maximum absolute atomic E-state index is 4.92. The monoisotopic (exact) mass is 192 g/mol. The van der Waals surface area contributed by atoms with Gasteiger partial charge in [-0.25, -0.2) is 0 Å². The highest BCUT2D eigenvalue weighted by atomic mass is 32.1. The lowest BCUT2D eigenvalue weighted by Gasteiger charge is -1.99. The van der Waals surface area contributed by atoms with Gasteiger partial charge in [0.25, 0.3) is 0 Å². The lowest BCUT2D eigenvalue weighted by Crippen LogP contribution is -1.85. The van der Waals surface area contributed by atoms with E-state index >= 15 is 0 Å². The van der Waals surface area contributed by atoms with Crippen molar-refractivity contribution < 1.29 is 0 Å². The molecule has 0 radical (unpaired) electrons. The van der Waals surface area contributed by atoms with Crippen LogP contribution in [0.4, 0.5) is 0 Å². The molecule has 70 valence electrons. The van der Waals surface area contributed by atoms with Gasteiger partial charge in [-0.15, -0.1) is 0 Å². The minimum absolute atomic E-state index is 1.04. The second-order valence-electron chi connectivity index (χ2n) is 2.53. The first-order valence-electron chi connectivity index (χ1n) is 4.41. The summed E-state index contributed by atoms with van der Waals surface area (Å²) in [4.78, 5) is 0. The molecule has 0 aliphatic heterocycles. The zero-order chi connectivity index (χ0) is 10.1. The van der Waals surface area contributed by atoms with Crippen molar-refractivity contribution in [2.75, 3.05) is 0 Å². The van der Waals surface area contributed by atoms with Crippen LogP contribution in [0.25, 0.3) is 0 Å². The van der Waals surface area contributed by atoms with Crippen LogP contribution in [-0.2, 0) is 0 Å². The fourth-order valence-electron chi connectivity index (χ4n) is 0.934. The standard InChI is InChI=1S/C12H16S/c1-4-7-9-11(6-3)12(10-13)8-5-2/h5-10H,2,4H2,1,3H3/b9-7-,11-6-,12-8-. The van der Waals surface area contributed by atoms with Crippen molar-refractivity contribution in [1.29, 1.82) is 0 Å². The summed E-state index contributed by atoms with van der Waals surface area (Å²) >= 11 is 4.92. The molecule has 0 aromatic heterocycles. The molecule has 0 bridgehead atoms. The number of rotatable bonds is 5. The van der Waals surface area contributed by atoms with Gasteiger partial charge < -0.3 is 0 Å². The van der Waals surface area contributed by atoms with E-state index in [1.807, 2.05) is 19.1 Å². The molecule has 0 aromatic rings. The largest absolute Gasteiger partial charge is 0.0990 e. The van der Waals surface area contributed by atoms with Gasteiger partial charge in [0.15, 0.2) is 0 Å². The molecular weight excluding hydrogens is 176 g/mol. The summed E-state index contributed by atoms with van der Waals surface area (Å²) in [5.41, 5.74) is 2.19. The van der Waals surface area contributed by atoms with Crippen LogP contribution in [0.15, 0.2) is 48.1 Å². The van der Waals surface area contributed by atoms with Crippen LogP contribution in [0.1, 0.15) is 20.3 Å². The van der Waals surface area contributed by atoms with E-state index in [1.165, 1.54) is 0 Å². The molecule has 0 nitrogen and oxygen atoms in total. The average molecular weight is 192 g/mol. The highest BCUT2D eigenvalue weighted by Crippen LogP contribution is 2.10. The lowest BCUT2D eigenvalue weighted by atomic mass is 10.1. The molecule has 0 aliphatic carbocycles. The van der Waals surface area contributed by atoms with Crippen LogP contribution in [-0.4, -0.2) is 5.37 Å². The summed E-state index contributed by atoms with van der Waals surface area (Å²) in [5.74, 6) is 0. The van der Waals surface area contributed by atoms with Gasteiger partial charge in [-0.1, -0.05) is 56.1 Å². The third-order valence-corrected chi connectivity index (χ3v) is 1.86. The predicted molar refractivity (Wildman–Crippen MR) is 65.1 cm³/mol. The van der Waals surface area contributed by atoms with Crippen molar-refractivity contribution in [2.24, 2.45) is 0 Å². The van der Waals surface area contributed by atoms with Crippen LogP contribution in [0.5, 0.6) is 0 Å². The zero-order valence-electron chi connectivity index (χ0n) is 8.29. The Morgan fingerprint density at radius 1 is 1.38 bits per heavy atom. The van der Waals surface area contributed by atoms with Gasteiger partial charge in [0.05, 0.1) is 0 Å². The molecule has 0 amide bonds. The van der Waals surface area contributed by atoms with Gasteiger partial charge in [-0.3, -0.25) is 0 Å². The number of thiocarbonyl (C=S) groups is 1. The van der Waals surface area contributed by atoms with E-state index in [9.17, 15) is 0 Å². The maximum Gasteiger partial charge on any atom is 0.00920 e. The van der Waals surface area contributed by atoms with Crippen molar-refractivity contribution >= 4 is 17.6 Å². The molecule has 1 heteroatoms. The molecule has 0 atom stereocenters. The van der Waals surface area contributed by atoms with Crippen LogP contribution >= 0.6 is 12.2 Å². The summed E-state index contributed by atoms with van der Waals surface area (Å²) in [5, 5.41) is 1.68. The molecule has 0 saturated heterocycles. The third kappa shape index (κ3) is 4.58. The van der Waals surface area contributed by atoms with E-state index in [-0.39, 0.29) is 0 Å². The second-order valence-corrected chi connectivity index (χ2v) is 2.77. The zero-order valence-corrected chi connectivity index (χ0v) is 9.10. The molecule has 0 aliphatic rings. The lowest BCUT2D eigenvalue weighted by molar-refractivity contribution is 1.22. The van der Waals surface area contributed by atoms with E-state index in [0.717, 1.165) is 17.6 Å². The molecule has 0 spiro atoms. The SMILES string of the molecule is C=C\C=C(C=S)/C(/C=C\CC)=C\C. The Morgan fingerprint density at radius 2 is 2.08 bits per heavy atom. The Hall–Kier alpha value is -0.950. The number of hydrogen-bond acceptors (Lipinski definition) is 1. The Balaban J connectivity index is 4.75. The Morgan fingerprint density at radius 3 is 2.46 bits per heavy atom. The normalized spacial score (nSPS) is 13.4. The molecule has 0 rings (SSSR count). The number of allylic oxidation sites excluding steroid dienone is 7. The Bertz CT molecular complexity index is 254. The van der Waals surface area contributed by atoms with E-state index in [0.29, 0.717) is 0 Å². The van der Waals surface area contributed by atoms with Gasteiger partial charge in [0.2, 0.25) is 0 Å². The van der Waals surface area contributed by atoms with Crippen LogP contribution in [0.2, 0.25) is 0 Å². The van der Waals surface area contributed by atoms with E-state index in [2.05, 4.69) is 25.7 Å². The summed E-state index contributed by atoms with van der Waals surface area (Å²) in [6, 6.07) is 0. The topological polar surface area (TPSA) is 0 Å². The summed E-state index contributed by atoms with van der Waals surface area (Å²) in [6.45, 7) is 7.77. The number of hydrogen-bond donors (Lipinski definition) is 0. The molecule has 0 fully saturated rings. The second kappa shape index (κ2) is 7.69. The Labute approximate surface area is 86.4 Å². The highest BCUT2D eigenvalue weighted by Gasteiger charge is 1.94. The van der Waals surface area contributed by atoms with Crippen molar-refractivity contribution in [2.45, 2.75) is 20.3 Å². The fourth-order valence-corrected chi connectivity index (χ4v) is 1.15. The molecule has 0 heterocycles. The van der Waals surface area contributed by atoms with Crippen LogP contribution in [0, 0.1) is 0 Å². The Kier molecular flexibility index (Phi) is 7.12. The summed E-state index contributed by atoms with van der Waals surface area (Å²) in [7, 11) is 0. The highest BCUT2D eigenvalue weighted by molar-refractivity contribution is 7.79. The van der Waals surface area contributed by atoms with Crippen molar-refractivity contribution in [3.63, 3.8) is 0 Å². The average Bonchev–Trinajstić information content (AvgIpc) is 2.17. The first-order chi connectivity index (χ1) is 6.29. The minimum atomic E-state index is 1.04. The predicted octanol–water partition coefficient (Wildman–Crippen LogP) is 4.01. The fraction of sp³-hybridized carbons (Fsp3) is 0.250. The molecule has 0 saturated carbocycles. The molecule has 0 N–H and O–H groups in total. The molecule has 13 heavy (non-hydrogen) atoms. The van der Waals surface area contributed by atoms with Gasteiger partial charge in [-0.2, -0.15) is 0 Å². The minimum Gasteiger partial charge on any atom is -0.0990 e.